The first-order valence-corrected chi connectivity index (χ1v) is 3.42. The molecule has 0 aliphatic carbocycles. The molecule has 4 nitrogen and oxygen atoms in total. The average Bonchev–Trinajstić information content (AvgIpc) is 1.76. The molecular weight excluding hydrogens is 132 g/mol. The molecule has 10 heavy (non-hydrogen) atoms. The summed E-state index contributed by atoms with van der Waals surface area (Å²) in [5, 5.41) is 8.41. The van der Waals surface area contributed by atoms with Gasteiger partial charge in [-0.25, -0.2) is 4.79 Å². The fourth-order valence-corrected chi connectivity index (χ4v) is 1.14. The van der Waals surface area contributed by atoms with E-state index in [0.29, 0.717) is 25.6 Å². The van der Waals surface area contributed by atoms with Crippen LogP contribution in [0.25, 0.3) is 0 Å². The van der Waals surface area contributed by atoms with Gasteiger partial charge in [-0.15, -0.1) is 0 Å². The molecule has 1 aliphatic rings. The van der Waals surface area contributed by atoms with Gasteiger partial charge in [0.15, 0.2) is 0 Å². The van der Waals surface area contributed by atoms with Crippen LogP contribution < -0.4 is 5.73 Å². The van der Waals surface area contributed by atoms with E-state index in [2.05, 4.69) is 0 Å². The number of carbonyl (C=O) groups is 1. The maximum absolute atomic E-state index is 10.2. The minimum atomic E-state index is -0.812. The van der Waals surface area contributed by atoms with Crippen LogP contribution in [0.5, 0.6) is 0 Å². The Bertz CT molecular complexity index is 132. The summed E-state index contributed by atoms with van der Waals surface area (Å²) in [7, 11) is 0. The summed E-state index contributed by atoms with van der Waals surface area (Å²) in [6.45, 7) is 2.01. The first-order chi connectivity index (χ1) is 4.74. The van der Waals surface area contributed by atoms with Crippen molar-refractivity contribution in [2.24, 2.45) is 11.7 Å². The highest BCUT2D eigenvalue weighted by molar-refractivity contribution is 5.65. The van der Waals surface area contributed by atoms with Crippen molar-refractivity contribution in [1.29, 1.82) is 0 Å². The molecule has 1 saturated heterocycles. The lowest BCUT2D eigenvalue weighted by atomic mass is 9.97. The quantitative estimate of drug-likeness (QED) is 0.570. The summed E-state index contributed by atoms with van der Waals surface area (Å²) in [5.74, 6) is 0.515. The molecular formula is C6H12N2O2. The molecule has 0 spiro atoms. The van der Waals surface area contributed by atoms with E-state index >= 15 is 0 Å². The largest absolute Gasteiger partial charge is 0.465 e. The zero-order chi connectivity index (χ0) is 7.56. The standard InChI is InChI=1S/C6H12N2O2/c7-2-1-5-3-8(4-5)6(9)10/h5H,1-4,7H2,(H,9,10). The second-order valence-corrected chi connectivity index (χ2v) is 2.63. The summed E-state index contributed by atoms with van der Waals surface area (Å²) in [5.41, 5.74) is 5.29. The fourth-order valence-electron chi connectivity index (χ4n) is 1.14. The number of carboxylic acid groups (broad SMARTS) is 1. The molecule has 0 aromatic carbocycles. The Morgan fingerprint density at radius 1 is 1.70 bits per heavy atom. The molecule has 0 atom stereocenters. The topological polar surface area (TPSA) is 66.6 Å². The summed E-state index contributed by atoms with van der Waals surface area (Å²) >= 11 is 0. The lowest BCUT2D eigenvalue weighted by Crippen LogP contribution is -2.49. The van der Waals surface area contributed by atoms with Gasteiger partial charge in [0.2, 0.25) is 0 Å². The molecule has 1 aliphatic heterocycles. The van der Waals surface area contributed by atoms with Crippen LogP contribution in [-0.4, -0.2) is 35.7 Å². The van der Waals surface area contributed by atoms with Crippen molar-refractivity contribution in [3.05, 3.63) is 0 Å². The van der Waals surface area contributed by atoms with Gasteiger partial charge >= 0.3 is 6.09 Å². The van der Waals surface area contributed by atoms with Gasteiger partial charge in [-0.3, -0.25) is 0 Å². The van der Waals surface area contributed by atoms with E-state index in [1.807, 2.05) is 0 Å². The van der Waals surface area contributed by atoms with Crippen LogP contribution in [0.2, 0.25) is 0 Å². The molecule has 1 fully saturated rings. The Kier molecular flexibility index (Phi) is 2.11. The molecule has 1 heterocycles. The van der Waals surface area contributed by atoms with Crippen LogP contribution in [-0.2, 0) is 0 Å². The molecule has 1 rings (SSSR count). The minimum absolute atomic E-state index is 0.515. The predicted octanol–water partition coefficient (Wildman–Crippen LogP) is -0.0550. The fraction of sp³-hybridized carbons (Fsp3) is 0.833. The van der Waals surface area contributed by atoms with Crippen LogP contribution in [0, 0.1) is 5.92 Å². The molecule has 3 N–H and O–H groups in total. The van der Waals surface area contributed by atoms with Crippen LogP contribution in [0.4, 0.5) is 4.79 Å². The molecule has 0 unspecified atom stereocenters. The van der Waals surface area contributed by atoms with Crippen LogP contribution in [0.15, 0.2) is 0 Å². The maximum Gasteiger partial charge on any atom is 0.407 e. The van der Waals surface area contributed by atoms with E-state index in [9.17, 15) is 4.79 Å². The van der Waals surface area contributed by atoms with Crippen molar-refractivity contribution < 1.29 is 9.90 Å². The third kappa shape index (κ3) is 1.39. The molecule has 0 radical (unpaired) electrons. The van der Waals surface area contributed by atoms with E-state index in [1.54, 1.807) is 0 Å². The highest BCUT2D eigenvalue weighted by Gasteiger charge is 2.29. The first kappa shape index (κ1) is 7.34. The van der Waals surface area contributed by atoms with Gasteiger partial charge in [0, 0.05) is 13.1 Å². The molecule has 1 amide bonds. The van der Waals surface area contributed by atoms with Gasteiger partial charge in [0.05, 0.1) is 0 Å². The Labute approximate surface area is 59.6 Å². The number of hydrogen-bond donors (Lipinski definition) is 2. The predicted molar refractivity (Wildman–Crippen MR) is 36.8 cm³/mol. The van der Waals surface area contributed by atoms with Crippen molar-refractivity contribution in [3.63, 3.8) is 0 Å². The van der Waals surface area contributed by atoms with E-state index in [4.69, 9.17) is 10.8 Å². The lowest BCUT2D eigenvalue weighted by molar-refractivity contribution is 0.0794. The third-order valence-electron chi connectivity index (χ3n) is 1.80. The van der Waals surface area contributed by atoms with E-state index < -0.39 is 6.09 Å². The summed E-state index contributed by atoms with van der Waals surface area (Å²) in [6.07, 6.45) is 0.136. The van der Waals surface area contributed by atoms with Gasteiger partial charge in [0.1, 0.15) is 0 Å². The Morgan fingerprint density at radius 2 is 2.30 bits per heavy atom. The lowest BCUT2D eigenvalue weighted by Gasteiger charge is -2.36. The van der Waals surface area contributed by atoms with Crippen LogP contribution >= 0.6 is 0 Å². The van der Waals surface area contributed by atoms with Crippen molar-refractivity contribution in [3.8, 4) is 0 Å². The van der Waals surface area contributed by atoms with Gasteiger partial charge in [0.25, 0.3) is 0 Å². The van der Waals surface area contributed by atoms with E-state index in [1.165, 1.54) is 4.90 Å². The third-order valence-corrected chi connectivity index (χ3v) is 1.80. The summed E-state index contributed by atoms with van der Waals surface area (Å²) in [6, 6.07) is 0. The van der Waals surface area contributed by atoms with Crippen LogP contribution in [0.1, 0.15) is 6.42 Å². The minimum Gasteiger partial charge on any atom is -0.465 e. The average molecular weight is 144 g/mol. The Hall–Kier alpha value is -0.770. The molecule has 4 heteroatoms. The zero-order valence-electron chi connectivity index (χ0n) is 5.79. The van der Waals surface area contributed by atoms with E-state index in [-0.39, 0.29) is 0 Å². The number of nitrogens with two attached hydrogens (primary N) is 1. The highest BCUT2D eigenvalue weighted by atomic mass is 16.4. The number of likely N-dealkylation sites (tertiary alicyclic amines) is 1. The SMILES string of the molecule is NCCC1CN(C(=O)O)C1. The van der Waals surface area contributed by atoms with Gasteiger partial charge in [-0.2, -0.15) is 0 Å². The van der Waals surface area contributed by atoms with E-state index in [0.717, 1.165) is 6.42 Å². The first-order valence-electron chi connectivity index (χ1n) is 3.42. The monoisotopic (exact) mass is 144 g/mol. The number of amides is 1. The molecule has 0 aromatic rings. The van der Waals surface area contributed by atoms with Crippen molar-refractivity contribution in [2.75, 3.05) is 19.6 Å². The van der Waals surface area contributed by atoms with Crippen LogP contribution in [0.3, 0.4) is 0 Å². The number of hydrogen-bond acceptors (Lipinski definition) is 2. The van der Waals surface area contributed by atoms with Gasteiger partial charge in [-0.1, -0.05) is 0 Å². The normalized spacial score (nSPS) is 18.7. The number of rotatable bonds is 2. The highest BCUT2D eigenvalue weighted by Crippen LogP contribution is 2.17. The summed E-state index contributed by atoms with van der Waals surface area (Å²) in [4.78, 5) is 11.6. The molecule has 0 bridgehead atoms. The van der Waals surface area contributed by atoms with Crippen molar-refractivity contribution >= 4 is 6.09 Å². The zero-order valence-corrected chi connectivity index (χ0v) is 5.79. The Morgan fingerprint density at radius 3 is 2.70 bits per heavy atom. The van der Waals surface area contributed by atoms with Gasteiger partial charge in [-0.05, 0) is 18.9 Å². The number of nitrogens with zero attached hydrogens (tertiary/aromatic N) is 1. The van der Waals surface area contributed by atoms with Gasteiger partial charge < -0.3 is 15.7 Å². The molecule has 0 aromatic heterocycles. The maximum atomic E-state index is 10.2. The molecule has 58 valence electrons. The van der Waals surface area contributed by atoms with Crippen molar-refractivity contribution in [2.45, 2.75) is 6.42 Å². The molecule has 0 saturated carbocycles. The second-order valence-electron chi connectivity index (χ2n) is 2.63. The second kappa shape index (κ2) is 2.88. The van der Waals surface area contributed by atoms with Crippen molar-refractivity contribution in [1.82, 2.24) is 4.90 Å². The Balaban J connectivity index is 2.12. The summed E-state index contributed by atoms with van der Waals surface area (Å²) < 4.78 is 0. The smallest absolute Gasteiger partial charge is 0.407 e.